The van der Waals surface area contributed by atoms with Crippen molar-refractivity contribution in [1.82, 2.24) is 4.98 Å². The molecule has 150 valence electrons. The fourth-order valence-corrected chi connectivity index (χ4v) is 2.82. The number of benzene rings is 1. The Morgan fingerprint density at radius 3 is 2.44 bits per heavy atom. The van der Waals surface area contributed by atoms with Gasteiger partial charge in [0.2, 0.25) is 0 Å². The number of pyridine rings is 1. The molecular formula is C23H35NO3. The van der Waals surface area contributed by atoms with Gasteiger partial charge in [-0.25, -0.2) is 4.98 Å². The Labute approximate surface area is 164 Å². The van der Waals surface area contributed by atoms with E-state index in [4.69, 9.17) is 19.2 Å². The molecule has 27 heavy (non-hydrogen) atoms. The van der Waals surface area contributed by atoms with Crippen LogP contribution in [-0.2, 0) is 16.1 Å². The van der Waals surface area contributed by atoms with Crippen molar-refractivity contribution in [2.45, 2.75) is 72.5 Å². The summed E-state index contributed by atoms with van der Waals surface area (Å²) >= 11 is 0. The van der Waals surface area contributed by atoms with E-state index >= 15 is 0 Å². The van der Waals surface area contributed by atoms with Crippen molar-refractivity contribution in [2.75, 3.05) is 19.8 Å². The monoisotopic (exact) mass is 373 g/mol. The molecule has 0 aliphatic rings. The van der Waals surface area contributed by atoms with Gasteiger partial charge in [-0.15, -0.1) is 0 Å². The molecule has 4 nitrogen and oxygen atoms in total. The standard InChI is InChI=1S/C23H35NO3/c1-6-7-15-26-22-18(2)21(24-20-13-9-8-12-19(20)22)17-25-14-10-11-16-27-23(3,4)5/h8-9,12-13H,6-7,10-11,14-17H2,1-5H3. The summed E-state index contributed by atoms with van der Waals surface area (Å²) in [6.07, 6.45) is 4.17. The molecule has 0 aliphatic heterocycles. The number of rotatable bonds is 11. The van der Waals surface area contributed by atoms with Crippen LogP contribution in [0.4, 0.5) is 0 Å². The SMILES string of the molecule is CCCCOc1c(C)c(COCCCCOC(C)(C)C)nc2ccccc12. The molecule has 0 radical (unpaired) electrons. The second-order valence-electron chi connectivity index (χ2n) is 7.95. The van der Waals surface area contributed by atoms with Crippen LogP contribution in [0.25, 0.3) is 10.9 Å². The maximum Gasteiger partial charge on any atom is 0.133 e. The van der Waals surface area contributed by atoms with E-state index in [9.17, 15) is 0 Å². The first kappa shape index (κ1) is 21.6. The van der Waals surface area contributed by atoms with Gasteiger partial charge < -0.3 is 14.2 Å². The largest absolute Gasteiger partial charge is 0.493 e. The first-order valence-corrected chi connectivity index (χ1v) is 10.1. The van der Waals surface area contributed by atoms with Gasteiger partial charge in [0, 0.05) is 24.2 Å². The third-order valence-electron chi connectivity index (χ3n) is 4.38. The Morgan fingerprint density at radius 1 is 0.963 bits per heavy atom. The molecule has 0 N–H and O–H groups in total. The molecule has 2 aromatic rings. The smallest absolute Gasteiger partial charge is 0.133 e. The van der Waals surface area contributed by atoms with Crippen LogP contribution in [-0.4, -0.2) is 30.4 Å². The topological polar surface area (TPSA) is 40.6 Å². The van der Waals surface area contributed by atoms with Crippen molar-refractivity contribution in [3.8, 4) is 5.75 Å². The van der Waals surface area contributed by atoms with E-state index in [-0.39, 0.29) is 5.60 Å². The zero-order valence-corrected chi connectivity index (χ0v) is 17.6. The number of unbranched alkanes of at least 4 members (excludes halogenated alkanes) is 2. The van der Waals surface area contributed by atoms with Crippen molar-refractivity contribution < 1.29 is 14.2 Å². The highest BCUT2D eigenvalue weighted by Gasteiger charge is 2.13. The number of aromatic nitrogens is 1. The molecule has 1 heterocycles. The zero-order valence-electron chi connectivity index (χ0n) is 17.6. The van der Waals surface area contributed by atoms with Crippen molar-refractivity contribution in [1.29, 1.82) is 0 Å². The summed E-state index contributed by atoms with van der Waals surface area (Å²) in [5.41, 5.74) is 2.94. The molecule has 2 rings (SSSR count). The quantitative estimate of drug-likeness (QED) is 0.464. The number of hydrogen-bond acceptors (Lipinski definition) is 4. The van der Waals surface area contributed by atoms with Crippen LogP contribution in [0.1, 0.15) is 64.6 Å². The Hall–Kier alpha value is -1.65. The minimum Gasteiger partial charge on any atom is -0.493 e. The molecule has 0 aliphatic carbocycles. The van der Waals surface area contributed by atoms with E-state index in [2.05, 4.69) is 40.7 Å². The van der Waals surface area contributed by atoms with Crippen molar-refractivity contribution in [3.63, 3.8) is 0 Å². The predicted molar refractivity (Wildman–Crippen MR) is 111 cm³/mol. The Bertz CT molecular complexity index is 707. The molecule has 0 atom stereocenters. The molecule has 0 fully saturated rings. The number of para-hydroxylation sites is 1. The minimum absolute atomic E-state index is 0.0683. The average Bonchev–Trinajstić information content (AvgIpc) is 2.62. The summed E-state index contributed by atoms with van der Waals surface area (Å²) in [5, 5.41) is 1.08. The minimum atomic E-state index is -0.0683. The maximum absolute atomic E-state index is 6.11. The highest BCUT2D eigenvalue weighted by molar-refractivity contribution is 5.86. The van der Waals surface area contributed by atoms with Gasteiger partial charge in [-0.2, -0.15) is 0 Å². The Kier molecular flexibility index (Phi) is 8.52. The van der Waals surface area contributed by atoms with Gasteiger partial charge in [0.05, 0.1) is 30.0 Å². The highest BCUT2D eigenvalue weighted by Crippen LogP contribution is 2.31. The van der Waals surface area contributed by atoms with Crippen molar-refractivity contribution >= 4 is 10.9 Å². The summed E-state index contributed by atoms with van der Waals surface area (Å²) in [6.45, 7) is 13.2. The average molecular weight is 374 g/mol. The van der Waals surface area contributed by atoms with E-state index in [1.54, 1.807) is 0 Å². The molecule has 1 aromatic heterocycles. The lowest BCUT2D eigenvalue weighted by Gasteiger charge is -2.19. The summed E-state index contributed by atoms with van der Waals surface area (Å²) in [6, 6.07) is 8.16. The zero-order chi connectivity index (χ0) is 19.7. The van der Waals surface area contributed by atoms with Gasteiger partial charge in [0.25, 0.3) is 0 Å². The fourth-order valence-electron chi connectivity index (χ4n) is 2.82. The molecular weight excluding hydrogens is 338 g/mol. The molecule has 0 saturated heterocycles. The van der Waals surface area contributed by atoms with Crippen LogP contribution in [0, 0.1) is 6.92 Å². The number of fused-ring (bicyclic) bond motifs is 1. The van der Waals surface area contributed by atoms with Crippen LogP contribution < -0.4 is 4.74 Å². The van der Waals surface area contributed by atoms with E-state index in [1.165, 1.54) is 0 Å². The first-order valence-electron chi connectivity index (χ1n) is 10.1. The number of ether oxygens (including phenoxy) is 3. The van der Waals surface area contributed by atoms with Crippen LogP contribution in [0.3, 0.4) is 0 Å². The summed E-state index contributed by atoms with van der Waals surface area (Å²) < 4.78 is 17.7. The van der Waals surface area contributed by atoms with E-state index in [0.717, 1.165) is 66.8 Å². The number of hydrogen-bond donors (Lipinski definition) is 0. The third-order valence-corrected chi connectivity index (χ3v) is 4.38. The molecule has 1 aromatic carbocycles. The molecule has 0 unspecified atom stereocenters. The molecule has 4 heteroatoms. The lowest BCUT2D eigenvalue weighted by molar-refractivity contribution is -0.00769. The van der Waals surface area contributed by atoms with Crippen LogP contribution >= 0.6 is 0 Å². The van der Waals surface area contributed by atoms with Crippen molar-refractivity contribution in [2.24, 2.45) is 0 Å². The summed E-state index contributed by atoms with van der Waals surface area (Å²) in [4.78, 5) is 4.80. The van der Waals surface area contributed by atoms with Crippen molar-refractivity contribution in [3.05, 3.63) is 35.5 Å². The van der Waals surface area contributed by atoms with Gasteiger partial charge in [0.1, 0.15) is 5.75 Å². The van der Waals surface area contributed by atoms with E-state index in [0.29, 0.717) is 13.2 Å². The second-order valence-corrected chi connectivity index (χ2v) is 7.95. The summed E-state index contributed by atoms with van der Waals surface area (Å²) in [7, 11) is 0. The molecule has 0 bridgehead atoms. The summed E-state index contributed by atoms with van der Waals surface area (Å²) in [5.74, 6) is 0.950. The van der Waals surface area contributed by atoms with E-state index in [1.807, 2.05) is 18.2 Å². The van der Waals surface area contributed by atoms with Crippen LogP contribution in [0.2, 0.25) is 0 Å². The normalized spacial score (nSPS) is 11.9. The third kappa shape index (κ3) is 7.11. The van der Waals surface area contributed by atoms with Gasteiger partial charge >= 0.3 is 0 Å². The lowest BCUT2D eigenvalue weighted by atomic mass is 10.1. The molecule has 0 saturated carbocycles. The van der Waals surface area contributed by atoms with Gasteiger partial charge in [-0.3, -0.25) is 0 Å². The fraction of sp³-hybridized carbons (Fsp3) is 0.609. The Morgan fingerprint density at radius 2 is 1.70 bits per heavy atom. The lowest BCUT2D eigenvalue weighted by Crippen LogP contribution is -2.19. The van der Waals surface area contributed by atoms with Gasteiger partial charge in [0.15, 0.2) is 0 Å². The predicted octanol–water partition coefficient (Wildman–Crippen LogP) is 5.83. The van der Waals surface area contributed by atoms with Crippen LogP contribution in [0.5, 0.6) is 5.75 Å². The molecule has 0 spiro atoms. The highest BCUT2D eigenvalue weighted by atomic mass is 16.5. The maximum atomic E-state index is 6.11. The first-order chi connectivity index (χ1) is 12.9. The van der Waals surface area contributed by atoms with E-state index < -0.39 is 0 Å². The second kappa shape index (κ2) is 10.6. The number of nitrogens with zero attached hydrogens (tertiary/aromatic N) is 1. The van der Waals surface area contributed by atoms with Gasteiger partial charge in [-0.05, 0) is 59.1 Å². The van der Waals surface area contributed by atoms with Gasteiger partial charge in [-0.1, -0.05) is 25.5 Å². The van der Waals surface area contributed by atoms with Crippen LogP contribution in [0.15, 0.2) is 24.3 Å². The molecule has 0 amide bonds. The Balaban J connectivity index is 1.94.